The predicted molar refractivity (Wildman–Crippen MR) is 87.2 cm³/mol. The molecule has 0 bridgehead atoms. The molecule has 1 fully saturated rings. The van der Waals surface area contributed by atoms with Gasteiger partial charge in [-0.05, 0) is 55.0 Å². The van der Waals surface area contributed by atoms with Crippen LogP contribution in [0.5, 0.6) is 0 Å². The molecule has 1 aliphatic heterocycles. The van der Waals surface area contributed by atoms with Gasteiger partial charge in [-0.25, -0.2) is 0 Å². The van der Waals surface area contributed by atoms with E-state index in [0.717, 1.165) is 6.54 Å². The van der Waals surface area contributed by atoms with Crippen LogP contribution in [0.25, 0.3) is 0 Å². The molecule has 1 saturated carbocycles. The van der Waals surface area contributed by atoms with Crippen LogP contribution in [0.2, 0.25) is 0 Å². The summed E-state index contributed by atoms with van der Waals surface area (Å²) in [5.74, 6) is 0. The Bertz CT molecular complexity index is 479. The van der Waals surface area contributed by atoms with E-state index in [1.807, 2.05) is 11.3 Å². The molecule has 2 heterocycles. The molecule has 3 rings (SSSR count). The van der Waals surface area contributed by atoms with Crippen LogP contribution < -0.4 is 5.73 Å². The first kappa shape index (κ1) is 14.6. The third-order valence-electron chi connectivity index (χ3n) is 5.57. The summed E-state index contributed by atoms with van der Waals surface area (Å²) in [6.07, 6.45) is 6.40. The summed E-state index contributed by atoms with van der Waals surface area (Å²) in [6, 6.07) is 2.86. The first-order chi connectivity index (χ1) is 9.47. The Balaban J connectivity index is 1.90. The highest BCUT2D eigenvalue weighted by molar-refractivity contribution is 7.10. The van der Waals surface area contributed by atoms with E-state index in [2.05, 4.69) is 37.1 Å². The Labute approximate surface area is 127 Å². The zero-order valence-electron chi connectivity index (χ0n) is 13.1. The van der Waals surface area contributed by atoms with Crippen molar-refractivity contribution >= 4 is 11.3 Å². The highest BCUT2D eigenvalue weighted by Crippen LogP contribution is 2.47. The molecule has 0 radical (unpaired) electrons. The predicted octanol–water partition coefficient (Wildman–Crippen LogP) is 3.96. The van der Waals surface area contributed by atoms with Gasteiger partial charge in [0, 0.05) is 29.5 Å². The number of nitrogens with zero attached hydrogens (tertiary/aromatic N) is 1. The lowest BCUT2D eigenvalue weighted by Crippen LogP contribution is -2.59. The molecule has 1 aromatic heterocycles. The van der Waals surface area contributed by atoms with E-state index in [0.29, 0.717) is 11.5 Å². The van der Waals surface area contributed by atoms with Crippen molar-refractivity contribution in [3.63, 3.8) is 0 Å². The number of nitrogens with two attached hydrogens (primary N) is 1. The minimum absolute atomic E-state index is 0.223. The Morgan fingerprint density at radius 2 is 2.20 bits per heavy atom. The Kier molecular flexibility index (Phi) is 3.72. The molecule has 2 atom stereocenters. The van der Waals surface area contributed by atoms with Gasteiger partial charge in [0.15, 0.2) is 0 Å². The van der Waals surface area contributed by atoms with Crippen LogP contribution in [0, 0.1) is 5.41 Å². The second kappa shape index (κ2) is 5.11. The van der Waals surface area contributed by atoms with Crippen molar-refractivity contribution in [2.75, 3.05) is 13.1 Å². The summed E-state index contributed by atoms with van der Waals surface area (Å²) in [5.41, 5.74) is 8.52. The molecule has 1 aromatic rings. The standard InChI is InChI=1S/C17H28N2S/c1-13-14-6-10-20-15(14)5-9-19(13)17(12-18)8-4-7-16(2,3)11-17/h6,10,13H,4-5,7-9,11-12,18H2,1-3H3. The molecule has 1 aliphatic carbocycles. The quantitative estimate of drug-likeness (QED) is 0.894. The van der Waals surface area contributed by atoms with Crippen LogP contribution in [0.15, 0.2) is 11.4 Å². The summed E-state index contributed by atoms with van der Waals surface area (Å²) < 4.78 is 0. The summed E-state index contributed by atoms with van der Waals surface area (Å²) in [6.45, 7) is 9.20. The van der Waals surface area contributed by atoms with Gasteiger partial charge in [-0.2, -0.15) is 0 Å². The van der Waals surface area contributed by atoms with Gasteiger partial charge < -0.3 is 5.73 Å². The third kappa shape index (κ3) is 2.34. The maximum absolute atomic E-state index is 6.31. The zero-order chi connectivity index (χ0) is 14.4. The van der Waals surface area contributed by atoms with Crippen LogP contribution in [0.1, 0.15) is 62.9 Å². The molecule has 0 amide bonds. The van der Waals surface area contributed by atoms with Gasteiger partial charge in [0.05, 0.1) is 0 Å². The average molecular weight is 292 g/mol. The second-order valence-corrected chi connectivity index (χ2v) is 8.54. The van der Waals surface area contributed by atoms with Crippen molar-refractivity contribution in [2.24, 2.45) is 11.1 Å². The van der Waals surface area contributed by atoms with Gasteiger partial charge in [-0.15, -0.1) is 11.3 Å². The number of hydrogen-bond donors (Lipinski definition) is 1. The first-order valence-electron chi connectivity index (χ1n) is 8.01. The van der Waals surface area contributed by atoms with E-state index in [9.17, 15) is 0 Å². The minimum Gasteiger partial charge on any atom is -0.329 e. The van der Waals surface area contributed by atoms with Gasteiger partial charge >= 0.3 is 0 Å². The lowest BCUT2D eigenvalue weighted by Gasteiger charge is -2.54. The fraction of sp³-hybridized carbons (Fsp3) is 0.765. The summed E-state index contributed by atoms with van der Waals surface area (Å²) in [5, 5.41) is 2.25. The van der Waals surface area contributed by atoms with E-state index in [1.54, 1.807) is 10.4 Å². The van der Waals surface area contributed by atoms with Gasteiger partial charge in [-0.1, -0.05) is 20.3 Å². The number of fused-ring (bicyclic) bond motifs is 1. The SMILES string of the molecule is CC1c2ccsc2CCN1C1(CN)CCCC(C)(C)C1. The highest BCUT2D eigenvalue weighted by Gasteiger charge is 2.46. The molecule has 2 nitrogen and oxygen atoms in total. The van der Waals surface area contributed by atoms with Crippen LogP contribution in [-0.4, -0.2) is 23.5 Å². The number of rotatable bonds is 2. The van der Waals surface area contributed by atoms with Crippen LogP contribution >= 0.6 is 11.3 Å². The fourth-order valence-electron chi connectivity index (χ4n) is 4.66. The van der Waals surface area contributed by atoms with Crippen molar-refractivity contribution in [1.82, 2.24) is 4.90 Å². The lowest BCUT2D eigenvalue weighted by molar-refractivity contribution is -0.0188. The van der Waals surface area contributed by atoms with Crippen molar-refractivity contribution < 1.29 is 0 Å². The number of hydrogen-bond acceptors (Lipinski definition) is 3. The van der Waals surface area contributed by atoms with Gasteiger partial charge in [-0.3, -0.25) is 4.90 Å². The molecule has 2 aliphatic rings. The smallest absolute Gasteiger partial charge is 0.0343 e. The minimum atomic E-state index is 0.223. The van der Waals surface area contributed by atoms with E-state index in [1.165, 1.54) is 38.6 Å². The number of thiophene rings is 1. The molecule has 0 spiro atoms. The van der Waals surface area contributed by atoms with Crippen LogP contribution in [0.4, 0.5) is 0 Å². The monoisotopic (exact) mass is 292 g/mol. The molecular weight excluding hydrogens is 264 g/mol. The second-order valence-electron chi connectivity index (χ2n) is 7.54. The molecule has 2 N–H and O–H groups in total. The molecule has 20 heavy (non-hydrogen) atoms. The molecule has 0 saturated heterocycles. The molecule has 0 aromatic carbocycles. The normalized spacial score (nSPS) is 33.9. The Morgan fingerprint density at radius 3 is 2.90 bits per heavy atom. The molecule has 3 heteroatoms. The molecule has 2 unspecified atom stereocenters. The van der Waals surface area contributed by atoms with E-state index in [4.69, 9.17) is 5.73 Å². The topological polar surface area (TPSA) is 29.3 Å². The van der Waals surface area contributed by atoms with E-state index < -0.39 is 0 Å². The fourth-order valence-corrected chi connectivity index (χ4v) is 5.62. The van der Waals surface area contributed by atoms with Crippen molar-refractivity contribution in [2.45, 2.75) is 64.5 Å². The largest absolute Gasteiger partial charge is 0.329 e. The summed E-state index contributed by atoms with van der Waals surface area (Å²) >= 11 is 1.93. The van der Waals surface area contributed by atoms with Gasteiger partial charge in [0.25, 0.3) is 0 Å². The van der Waals surface area contributed by atoms with E-state index in [-0.39, 0.29) is 5.54 Å². The van der Waals surface area contributed by atoms with Crippen LogP contribution in [0.3, 0.4) is 0 Å². The third-order valence-corrected chi connectivity index (χ3v) is 6.57. The summed E-state index contributed by atoms with van der Waals surface area (Å²) in [4.78, 5) is 4.33. The van der Waals surface area contributed by atoms with Crippen molar-refractivity contribution in [3.8, 4) is 0 Å². The van der Waals surface area contributed by atoms with Crippen LogP contribution in [-0.2, 0) is 6.42 Å². The Hall–Kier alpha value is -0.380. The van der Waals surface area contributed by atoms with Crippen molar-refractivity contribution in [1.29, 1.82) is 0 Å². The lowest BCUT2D eigenvalue weighted by atomic mass is 9.66. The van der Waals surface area contributed by atoms with Crippen molar-refractivity contribution in [3.05, 3.63) is 21.9 Å². The summed E-state index contributed by atoms with van der Waals surface area (Å²) in [7, 11) is 0. The highest BCUT2D eigenvalue weighted by atomic mass is 32.1. The Morgan fingerprint density at radius 1 is 1.40 bits per heavy atom. The average Bonchev–Trinajstić information content (AvgIpc) is 2.87. The molecular formula is C17H28N2S. The zero-order valence-corrected chi connectivity index (χ0v) is 13.9. The molecule has 112 valence electrons. The maximum Gasteiger partial charge on any atom is 0.0343 e. The van der Waals surface area contributed by atoms with E-state index >= 15 is 0 Å². The first-order valence-corrected chi connectivity index (χ1v) is 8.89. The van der Waals surface area contributed by atoms with Gasteiger partial charge in [0.2, 0.25) is 0 Å². The van der Waals surface area contributed by atoms with Gasteiger partial charge in [0.1, 0.15) is 0 Å². The maximum atomic E-state index is 6.31.